The molecule has 6 atom stereocenters. The van der Waals surface area contributed by atoms with Crippen LogP contribution in [0.2, 0.25) is 0 Å². The average Bonchev–Trinajstić information content (AvgIpc) is 2.70. The summed E-state index contributed by atoms with van der Waals surface area (Å²) in [6.07, 6.45) is -1.91. The molecule has 0 spiro atoms. The Morgan fingerprint density at radius 1 is 1.18 bits per heavy atom. The molecule has 0 bridgehead atoms. The number of Topliss-reactive ketones (excluding diaryl/α,β-unsaturated/α-hetero) is 2. The highest BCUT2D eigenvalue weighted by Gasteiger charge is 2.69. The van der Waals surface area contributed by atoms with Crippen molar-refractivity contribution in [3.8, 4) is 5.75 Å². The van der Waals surface area contributed by atoms with Crippen LogP contribution in [-0.2, 0) is 20.0 Å². The lowest BCUT2D eigenvalue weighted by Crippen LogP contribution is -2.72. The third-order valence-electron chi connectivity index (χ3n) is 7.01. The molecular formula is C22H23N2O9-. The highest BCUT2D eigenvalue weighted by Crippen LogP contribution is 2.56. The van der Waals surface area contributed by atoms with Crippen LogP contribution in [0.5, 0.6) is 5.75 Å². The number of hydrogen-bond donors (Lipinski definition) is 6. The van der Waals surface area contributed by atoms with E-state index in [4.69, 9.17) is 5.73 Å². The fourth-order valence-corrected chi connectivity index (χ4v) is 5.58. The normalized spacial score (nSPS) is 36.0. The van der Waals surface area contributed by atoms with Crippen molar-refractivity contribution < 1.29 is 45.0 Å². The Hall–Kier alpha value is -3.25. The Bertz CT molecular complexity index is 1180. The lowest BCUT2D eigenvalue weighted by molar-refractivity contribution is -0.250. The van der Waals surface area contributed by atoms with Gasteiger partial charge in [0.15, 0.2) is 17.2 Å². The Labute approximate surface area is 187 Å². The van der Waals surface area contributed by atoms with Crippen molar-refractivity contribution in [1.82, 2.24) is 4.90 Å². The number of likely N-dealkylation sites (N-methyl/N-ethyl adjacent to an activating group) is 1. The zero-order valence-electron chi connectivity index (χ0n) is 17.9. The van der Waals surface area contributed by atoms with Crippen molar-refractivity contribution in [2.24, 2.45) is 17.6 Å². The standard InChI is InChI=1S/C22H24N2O9/c1-21(32)7-5-4-6-8(25)9(7)15(26)10-12(21)17(28)13-14(24(2)3)16(27)11(20(23)31)19(30)22(13,33)18(10)29/h4-6,12-14,17,25-26,28,30,32-33H,1-3H3,(H2,23,31)/p-1/t12-,13-,14-,17+,21-,22+/m0/s1. The van der Waals surface area contributed by atoms with Crippen LogP contribution in [-0.4, -0.2) is 79.7 Å². The second kappa shape index (κ2) is 6.87. The molecule has 1 amide bonds. The number of phenolic OH excluding ortho intramolecular Hbond substituents is 1. The van der Waals surface area contributed by atoms with Crippen molar-refractivity contribution in [3.63, 3.8) is 0 Å². The first-order chi connectivity index (χ1) is 15.2. The van der Waals surface area contributed by atoms with Crippen LogP contribution in [0.3, 0.4) is 0 Å². The number of aliphatic hydroxyl groups is 4. The summed E-state index contributed by atoms with van der Waals surface area (Å²) in [5.74, 6) is -10.2. The summed E-state index contributed by atoms with van der Waals surface area (Å²) in [4.78, 5) is 39.9. The molecule has 3 aliphatic carbocycles. The summed E-state index contributed by atoms with van der Waals surface area (Å²) < 4.78 is 0. The fraction of sp³-hybridized carbons (Fsp3) is 0.409. The second-order valence-corrected chi connectivity index (χ2v) is 9.04. The van der Waals surface area contributed by atoms with Gasteiger partial charge >= 0.3 is 0 Å². The monoisotopic (exact) mass is 459 g/mol. The van der Waals surface area contributed by atoms with Crippen LogP contribution >= 0.6 is 0 Å². The van der Waals surface area contributed by atoms with E-state index in [-0.39, 0.29) is 5.56 Å². The van der Waals surface area contributed by atoms with E-state index >= 15 is 0 Å². The molecule has 0 unspecified atom stereocenters. The number of ketones is 2. The Morgan fingerprint density at radius 3 is 2.33 bits per heavy atom. The molecule has 1 aromatic rings. The van der Waals surface area contributed by atoms with E-state index in [2.05, 4.69) is 0 Å². The summed E-state index contributed by atoms with van der Waals surface area (Å²) in [7, 11) is 2.77. The first-order valence-electron chi connectivity index (χ1n) is 10.1. The van der Waals surface area contributed by atoms with Gasteiger partial charge in [0.1, 0.15) is 17.1 Å². The SMILES string of the molecule is CN(C)[C@@H]1C(=O)C(C(N)=O)=C(O)[C@]2(O)C(=O)C3=C([O-])c4c(O)cccc4[C@](C)(O)[C@@H]3[C@@H](O)[C@H]12. The predicted molar refractivity (Wildman–Crippen MR) is 109 cm³/mol. The first kappa shape index (κ1) is 22.9. The smallest absolute Gasteiger partial charge is 0.255 e. The topological polar surface area (TPSA) is 205 Å². The number of fused-ring (bicyclic) bond motifs is 3. The highest BCUT2D eigenvalue weighted by atomic mass is 16.4. The third-order valence-corrected chi connectivity index (χ3v) is 7.01. The number of benzene rings is 1. The fourth-order valence-electron chi connectivity index (χ4n) is 5.58. The van der Waals surface area contributed by atoms with E-state index in [9.17, 15) is 45.0 Å². The minimum absolute atomic E-state index is 0.0559. The maximum atomic E-state index is 13.6. The zero-order valence-corrected chi connectivity index (χ0v) is 17.9. The molecule has 33 heavy (non-hydrogen) atoms. The molecule has 1 aromatic carbocycles. The summed E-state index contributed by atoms with van der Waals surface area (Å²) in [6.45, 7) is 1.23. The lowest BCUT2D eigenvalue weighted by Gasteiger charge is -2.56. The molecule has 4 rings (SSSR count). The predicted octanol–water partition coefficient (Wildman–Crippen LogP) is -2.60. The van der Waals surface area contributed by atoms with E-state index in [1.54, 1.807) is 0 Å². The van der Waals surface area contributed by atoms with Gasteiger partial charge in [-0.05, 0) is 32.6 Å². The number of carbonyl (C=O) groups is 3. The molecule has 0 radical (unpaired) electrons. The van der Waals surface area contributed by atoms with Gasteiger partial charge in [0, 0.05) is 17.1 Å². The minimum atomic E-state index is -3.06. The zero-order chi connectivity index (χ0) is 24.8. The van der Waals surface area contributed by atoms with Gasteiger partial charge in [-0.25, -0.2) is 0 Å². The molecule has 0 aliphatic heterocycles. The summed E-state index contributed by atoms with van der Waals surface area (Å²) >= 11 is 0. The van der Waals surface area contributed by atoms with Crippen LogP contribution < -0.4 is 10.8 Å². The van der Waals surface area contributed by atoms with Gasteiger partial charge in [0.05, 0.1) is 23.7 Å². The number of nitrogens with two attached hydrogens (primary N) is 1. The van der Waals surface area contributed by atoms with Gasteiger partial charge < -0.3 is 36.4 Å². The number of rotatable bonds is 2. The number of nitrogens with zero attached hydrogens (tertiary/aromatic N) is 1. The Morgan fingerprint density at radius 2 is 1.79 bits per heavy atom. The molecule has 7 N–H and O–H groups in total. The third kappa shape index (κ3) is 2.61. The van der Waals surface area contributed by atoms with E-state index in [1.165, 1.54) is 44.1 Å². The minimum Gasteiger partial charge on any atom is -0.872 e. The van der Waals surface area contributed by atoms with Gasteiger partial charge in [-0.15, -0.1) is 0 Å². The Kier molecular flexibility index (Phi) is 4.78. The largest absolute Gasteiger partial charge is 0.872 e. The van der Waals surface area contributed by atoms with Crippen LogP contribution in [0.4, 0.5) is 0 Å². The van der Waals surface area contributed by atoms with E-state index < -0.39 is 86.6 Å². The van der Waals surface area contributed by atoms with E-state index in [1.807, 2.05) is 0 Å². The Balaban J connectivity index is 2.11. The number of carbonyl (C=O) groups excluding carboxylic acids is 3. The molecular weight excluding hydrogens is 436 g/mol. The van der Waals surface area contributed by atoms with E-state index in [0.717, 1.165) is 0 Å². The molecule has 3 aliphatic rings. The van der Waals surface area contributed by atoms with Crippen LogP contribution in [0, 0.1) is 11.8 Å². The van der Waals surface area contributed by atoms with Crippen molar-refractivity contribution in [2.75, 3.05) is 14.1 Å². The highest BCUT2D eigenvalue weighted by molar-refractivity contribution is 6.24. The maximum absolute atomic E-state index is 13.6. The maximum Gasteiger partial charge on any atom is 0.255 e. The van der Waals surface area contributed by atoms with Gasteiger partial charge in [0.25, 0.3) is 5.91 Å². The molecule has 1 fully saturated rings. The summed E-state index contributed by atoms with van der Waals surface area (Å²) in [6, 6.07) is 2.37. The number of phenols is 1. The lowest BCUT2D eigenvalue weighted by atomic mass is 9.53. The van der Waals surface area contributed by atoms with Crippen molar-refractivity contribution in [1.29, 1.82) is 0 Å². The molecule has 11 heteroatoms. The quantitative estimate of drug-likeness (QED) is 0.254. The second-order valence-electron chi connectivity index (χ2n) is 9.04. The number of primary amides is 1. The van der Waals surface area contributed by atoms with Crippen molar-refractivity contribution >= 4 is 23.2 Å². The van der Waals surface area contributed by atoms with Gasteiger partial charge in [-0.3, -0.25) is 19.3 Å². The molecule has 0 aromatic heterocycles. The number of amides is 1. The van der Waals surface area contributed by atoms with Crippen LogP contribution in [0.15, 0.2) is 35.1 Å². The van der Waals surface area contributed by atoms with Gasteiger partial charge in [0.2, 0.25) is 0 Å². The molecule has 0 heterocycles. The molecule has 176 valence electrons. The molecule has 11 nitrogen and oxygen atoms in total. The first-order valence-corrected chi connectivity index (χ1v) is 10.1. The molecule has 1 saturated carbocycles. The van der Waals surface area contributed by atoms with E-state index in [0.29, 0.717) is 0 Å². The number of aromatic hydroxyl groups is 1. The average molecular weight is 459 g/mol. The summed E-state index contributed by atoms with van der Waals surface area (Å²) in [5, 5.41) is 68.6. The van der Waals surface area contributed by atoms with Crippen molar-refractivity contribution in [3.05, 3.63) is 46.2 Å². The van der Waals surface area contributed by atoms with Gasteiger partial charge in [-0.2, -0.15) is 0 Å². The number of hydrogen-bond acceptors (Lipinski definition) is 10. The molecule has 0 saturated heterocycles. The van der Waals surface area contributed by atoms with Crippen LogP contribution in [0.1, 0.15) is 18.1 Å². The van der Waals surface area contributed by atoms with Crippen LogP contribution in [0.25, 0.3) is 5.76 Å². The van der Waals surface area contributed by atoms with Gasteiger partial charge in [-0.1, -0.05) is 17.9 Å². The summed E-state index contributed by atoms with van der Waals surface area (Å²) in [5.41, 5.74) is -2.17. The van der Waals surface area contributed by atoms with Crippen molar-refractivity contribution in [2.45, 2.75) is 30.3 Å². The number of aliphatic hydroxyl groups excluding tert-OH is 2.